The lowest BCUT2D eigenvalue weighted by Gasteiger charge is -2.12. The molecule has 0 atom stereocenters. The van der Waals surface area contributed by atoms with Gasteiger partial charge in [0.05, 0.1) is 27.6 Å². The molecule has 0 bridgehead atoms. The fourth-order valence-corrected chi connectivity index (χ4v) is 6.17. The Morgan fingerprint density at radius 3 is 2.20 bits per heavy atom. The van der Waals surface area contributed by atoms with Crippen molar-refractivity contribution in [1.82, 2.24) is 19.5 Å². The zero-order valence-corrected chi connectivity index (χ0v) is 21.2. The van der Waals surface area contributed by atoms with Crippen molar-refractivity contribution in [2.24, 2.45) is 0 Å². The second-order valence-corrected chi connectivity index (χ2v) is 10.0. The van der Waals surface area contributed by atoms with Gasteiger partial charge in [0.25, 0.3) is 0 Å². The van der Waals surface area contributed by atoms with E-state index in [9.17, 15) is 0 Å². The van der Waals surface area contributed by atoms with Crippen LogP contribution in [-0.4, -0.2) is 19.5 Å². The van der Waals surface area contributed by atoms with Gasteiger partial charge in [-0.25, -0.2) is 9.97 Å². The van der Waals surface area contributed by atoms with Gasteiger partial charge >= 0.3 is 0 Å². The molecule has 186 valence electrons. The van der Waals surface area contributed by atoms with Gasteiger partial charge in [-0.1, -0.05) is 91.0 Å². The molecule has 5 aromatic carbocycles. The average Bonchev–Trinajstić information content (AvgIpc) is 3.58. The van der Waals surface area contributed by atoms with Crippen LogP contribution in [0.15, 0.2) is 126 Å². The van der Waals surface area contributed by atoms with Gasteiger partial charge in [-0.15, -0.1) is 0 Å². The molecule has 0 N–H and O–H groups in total. The second kappa shape index (κ2) is 7.98. The molecule has 0 aliphatic rings. The van der Waals surface area contributed by atoms with Crippen LogP contribution in [0, 0.1) is 0 Å². The van der Waals surface area contributed by atoms with Crippen LogP contribution >= 0.6 is 0 Å². The van der Waals surface area contributed by atoms with Crippen LogP contribution in [0.5, 0.6) is 0 Å². The van der Waals surface area contributed by atoms with E-state index < -0.39 is 0 Å². The third-order valence-electron chi connectivity index (χ3n) is 7.84. The molecular weight excluding hydrogens is 492 g/mol. The lowest BCUT2D eigenvalue weighted by Crippen LogP contribution is -2.03. The molecule has 0 spiro atoms. The van der Waals surface area contributed by atoms with Crippen LogP contribution in [-0.2, 0) is 0 Å². The Kier molecular flexibility index (Phi) is 4.27. The molecular formula is C35H20N4O. The van der Waals surface area contributed by atoms with Gasteiger partial charge in [0, 0.05) is 38.7 Å². The molecule has 5 nitrogen and oxygen atoms in total. The van der Waals surface area contributed by atoms with E-state index in [2.05, 4.69) is 71.3 Å². The van der Waals surface area contributed by atoms with Crippen molar-refractivity contribution < 1.29 is 4.42 Å². The number of rotatable bonds is 2. The Balaban J connectivity index is 1.55. The number of benzene rings is 5. The molecule has 0 amide bonds. The van der Waals surface area contributed by atoms with Crippen molar-refractivity contribution in [2.75, 3.05) is 0 Å². The van der Waals surface area contributed by atoms with Crippen LogP contribution in [0.4, 0.5) is 0 Å². The summed E-state index contributed by atoms with van der Waals surface area (Å²) in [6, 6.07) is 39.3. The van der Waals surface area contributed by atoms with Crippen LogP contribution in [0.3, 0.4) is 0 Å². The molecule has 40 heavy (non-hydrogen) atoms. The molecule has 0 aliphatic heterocycles. The quantitative estimate of drug-likeness (QED) is 0.232. The fourth-order valence-electron chi connectivity index (χ4n) is 6.17. The van der Waals surface area contributed by atoms with Gasteiger partial charge in [-0.3, -0.25) is 9.55 Å². The summed E-state index contributed by atoms with van der Waals surface area (Å²) in [6.45, 7) is 0. The number of hydrogen-bond acceptors (Lipinski definition) is 4. The van der Waals surface area contributed by atoms with Crippen molar-refractivity contribution in [2.45, 2.75) is 0 Å². The zero-order valence-electron chi connectivity index (χ0n) is 21.2. The molecule has 9 rings (SSSR count). The van der Waals surface area contributed by atoms with E-state index in [4.69, 9.17) is 19.4 Å². The van der Waals surface area contributed by atoms with Crippen molar-refractivity contribution in [3.8, 4) is 17.2 Å². The van der Waals surface area contributed by atoms with Crippen molar-refractivity contribution in [3.05, 3.63) is 121 Å². The molecule has 0 saturated heterocycles. The maximum Gasteiger partial charge on any atom is 0.235 e. The standard InChI is InChI=1S/C35H20N4O/c1-2-11-21(12-3-1)31-22-13-4-7-17-26(22)37-35(38-31)39-27-18-8-5-14-23(27)29-25-16-10-20-36-32(25)34-30(33(29)39)24-15-6-9-19-28(24)40-34/h1-20H. The summed E-state index contributed by atoms with van der Waals surface area (Å²) in [7, 11) is 0. The fraction of sp³-hybridized carbons (Fsp3) is 0. The normalized spacial score (nSPS) is 12.0. The van der Waals surface area contributed by atoms with Gasteiger partial charge in [-0.2, -0.15) is 0 Å². The monoisotopic (exact) mass is 512 g/mol. The SMILES string of the molecule is c1ccc(-c2nc(-n3c4ccccc4c4c5cccnc5c5oc6ccccc6c5c43)nc3ccccc23)cc1. The first-order valence-corrected chi connectivity index (χ1v) is 13.3. The summed E-state index contributed by atoms with van der Waals surface area (Å²) in [4.78, 5) is 15.2. The van der Waals surface area contributed by atoms with Crippen LogP contribution < -0.4 is 0 Å². The number of para-hydroxylation sites is 3. The highest BCUT2D eigenvalue weighted by molar-refractivity contribution is 6.34. The zero-order chi connectivity index (χ0) is 26.2. The van der Waals surface area contributed by atoms with Crippen LogP contribution in [0.2, 0.25) is 0 Å². The minimum absolute atomic E-state index is 0.624. The molecule has 5 heteroatoms. The number of hydrogen-bond donors (Lipinski definition) is 0. The Hall–Kier alpha value is -5.55. The minimum Gasteiger partial charge on any atom is -0.454 e. The number of aromatic nitrogens is 4. The van der Waals surface area contributed by atoms with E-state index in [1.54, 1.807) is 0 Å². The predicted octanol–water partition coefficient (Wildman–Crippen LogP) is 8.84. The highest BCUT2D eigenvalue weighted by Gasteiger charge is 2.24. The van der Waals surface area contributed by atoms with Gasteiger partial charge < -0.3 is 4.42 Å². The summed E-state index contributed by atoms with van der Waals surface area (Å²) in [6.07, 6.45) is 1.83. The number of furan rings is 1. The van der Waals surface area contributed by atoms with E-state index >= 15 is 0 Å². The van der Waals surface area contributed by atoms with Crippen molar-refractivity contribution in [1.29, 1.82) is 0 Å². The van der Waals surface area contributed by atoms with E-state index in [1.807, 2.05) is 54.7 Å². The Bertz CT molecular complexity index is 2440. The Morgan fingerprint density at radius 2 is 1.30 bits per heavy atom. The minimum atomic E-state index is 0.624. The van der Waals surface area contributed by atoms with Crippen molar-refractivity contribution in [3.63, 3.8) is 0 Å². The molecule has 0 aliphatic carbocycles. The molecule has 4 heterocycles. The van der Waals surface area contributed by atoms with Gasteiger partial charge in [0.1, 0.15) is 11.1 Å². The molecule has 0 radical (unpaired) electrons. The number of pyridine rings is 1. The maximum atomic E-state index is 6.51. The second-order valence-electron chi connectivity index (χ2n) is 10.0. The number of fused-ring (bicyclic) bond motifs is 11. The Labute approximate surface area is 228 Å². The molecule has 4 aromatic heterocycles. The van der Waals surface area contributed by atoms with E-state index in [1.165, 1.54) is 0 Å². The first-order chi connectivity index (χ1) is 19.9. The van der Waals surface area contributed by atoms with Gasteiger partial charge in [0.15, 0.2) is 5.58 Å². The third-order valence-corrected chi connectivity index (χ3v) is 7.84. The first-order valence-electron chi connectivity index (χ1n) is 13.3. The topological polar surface area (TPSA) is 56.7 Å². The third kappa shape index (κ3) is 2.83. The van der Waals surface area contributed by atoms with Crippen LogP contribution in [0.25, 0.3) is 82.8 Å². The van der Waals surface area contributed by atoms with Crippen LogP contribution in [0.1, 0.15) is 0 Å². The average molecular weight is 513 g/mol. The van der Waals surface area contributed by atoms with E-state index in [0.29, 0.717) is 5.95 Å². The summed E-state index contributed by atoms with van der Waals surface area (Å²) in [5.74, 6) is 0.624. The summed E-state index contributed by atoms with van der Waals surface area (Å²) >= 11 is 0. The molecule has 9 aromatic rings. The highest BCUT2D eigenvalue weighted by atomic mass is 16.3. The number of nitrogens with zero attached hydrogens (tertiary/aromatic N) is 4. The Morgan fingerprint density at radius 1 is 0.575 bits per heavy atom. The first kappa shape index (κ1) is 21.4. The van der Waals surface area contributed by atoms with E-state index in [0.717, 1.165) is 76.8 Å². The predicted molar refractivity (Wildman–Crippen MR) is 162 cm³/mol. The van der Waals surface area contributed by atoms with Gasteiger partial charge in [-0.05, 0) is 24.3 Å². The molecule has 0 unspecified atom stereocenters. The maximum absolute atomic E-state index is 6.51. The lowest BCUT2D eigenvalue weighted by atomic mass is 10.0. The summed E-state index contributed by atoms with van der Waals surface area (Å²) < 4.78 is 8.72. The summed E-state index contributed by atoms with van der Waals surface area (Å²) in [5.41, 5.74) is 7.38. The molecule has 0 fully saturated rings. The summed E-state index contributed by atoms with van der Waals surface area (Å²) in [5, 5.41) is 6.38. The molecule has 0 saturated carbocycles. The van der Waals surface area contributed by atoms with Crippen molar-refractivity contribution >= 4 is 65.6 Å². The highest BCUT2D eigenvalue weighted by Crippen LogP contribution is 2.45. The van der Waals surface area contributed by atoms with E-state index in [-0.39, 0.29) is 0 Å². The smallest absolute Gasteiger partial charge is 0.235 e. The largest absolute Gasteiger partial charge is 0.454 e. The lowest BCUT2D eigenvalue weighted by molar-refractivity contribution is 0.672. The van der Waals surface area contributed by atoms with Gasteiger partial charge in [0.2, 0.25) is 5.95 Å².